The van der Waals surface area contributed by atoms with Crippen LogP contribution < -0.4 is 10.6 Å². The number of hydrogen-bond acceptors (Lipinski definition) is 5. The van der Waals surface area contributed by atoms with Crippen molar-refractivity contribution in [2.45, 2.75) is 49.5 Å². The second-order valence-electron chi connectivity index (χ2n) is 7.46. The number of carbonyl (C=O) groups is 2. The van der Waals surface area contributed by atoms with Gasteiger partial charge in [0, 0.05) is 32.8 Å². The molecule has 3 rings (SSSR count). The van der Waals surface area contributed by atoms with Gasteiger partial charge in [-0.05, 0) is 49.8 Å². The number of carbonyl (C=O) groups excluding carboxylic acids is 2. The fourth-order valence-corrected chi connectivity index (χ4v) is 5.09. The molecular weight excluding hydrogens is 394 g/mol. The minimum Gasteiger partial charge on any atom is -0.376 e. The molecule has 0 spiro atoms. The van der Waals surface area contributed by atoms with Crippen LogP contribution in [0, 0.1) is 0 Å². The second kappa shape index (κ2) is 10.2. The third-order valence-corrected chi connectivity index (χ3v) is 7.21. The standard InChI is InChI=1S/C20H29N3O5S/c24-19(20(25)22-15-17-5-4-14-28-17)21-11-10-16-6-8-18(9-7-16)29(26,27)23-12-2-1-3-13-23/h6-9,17H,1-5,10-15H2,(H,21,24)(H,22,25)/t17-/m1/s1. The van der Waals surface area contributed by atoms with Gasteiger partial charge in [-0.3, -0.25) is 9.59 Å². The van der Waals surface area contributed by atoms with Gasteiger partial charge in [0.1, 0.15) is 0 Å². The molecule has 1 aromatic carbocycles. The van der Waals surface area contributed by atoms with Crippen LogP contribution >= 0.6 is 0 Å². The van der Waals surface area contributed by atoms with Crippen molar-refractivity contribution >= 4 is 21.8 Å². The van der Waals surface area contributed by atoms with E-state index in [1.807, 2.05) is 0 Å². The van der Waals surface area contributed by atoms with Crippen molar-refractivity contribution in [2.75, 3.05) is 32.8 Å². The summed E-state index contributed by atoms with van der Waals surface area (Å²) in [6.45, 7) is 2.49. The highest BCUT2D eigenvalue weighted by molar-refractivity contribution is 7.89. The Kier molecular flexibility index (Phi) is 7.63. The normalized spacial score (nSPS) is 20.3. The quantitative estimate of drug-likeness (QED) is 0.632. The van der Waals surface area contributed by atoms with Crippen LogP contribution in [0.15, 0.2) is 29.2 Å². The average Bonchev–Trinajstić information content (AvgIpc) is 3.26. The van der Waals surface area contributed by atoms with E-state index in [1.54, 1.807) is 28.6 Å². The lowest BCUT2D eigenvalue weighted by atomic mass is 10.1. The maximum absolute atomic E-state index is 12.6. The molecule has 0 saturated carbocycles. The molecule has 160 valence electrons. The van der Waals surface area contributed by atoms with Crippen LogP contribution in [0.4, 0.5) is 0 Å². The van der Waals surface area contributed by atoms with Gasteiger partial charge >= 0.3 is 11.8 Å². The topological polar surface area (TPSA) is 105 Å². The number of piperidine rings is 1. The third-order valence-electron chi connectivity index (χ3n) is 5.30. The Morgan fingerprint density at radius 1 is 1.00 bits per heavy atom. The van der Waals surface area contributed by atoms with Crippen molar-refractivity contribution in [3.63, 3.8) is 0 Å². The van der Waals surface area contributed by atoms with Crippen LogP contribution in [-0.4, -0.2) is 63.4 Å². The van der Waals surface area contributed by atoms with E-state index in [-0.39, 0.29) is 6.10 Å². The number of nitrogens with one attached hydrogen (secondary N) is 2. The summed E-state index contributed by atoms with van der Waals surface area (Å²) in [5, 5.41) is 5.17. The summed E-state index contributed by atoms with van der Waals surface area (Å²) in [5.41, 5.74) is 0.891. The molecule has 0 radical (unpaired) electrons. The molecule has 8 nitrogen and oxygen atoms in total. The zero-order chi connectivity index (χ0) is 20.7. The Balaban J connectivity index is 1.42. The van der Waals surface area contributed by atoms with E-state index in [9.17, 15) is 18.0 Å². The Labute approximate surface area is 172 Å². The SMILES string of the molecule is O=C(NCCc1ccc(S(=O)(=O)N2CCCCC2)cc1)C(=O)NC[C@H]1CCCO1. The summed E-state index contributed by atoms with van der Waals surface area (Å²) in [6, 6.07) is 6.71. The van der Waals surface area contributed by atoms with Gasteiger partial charge in [-0.25, -0.2) is 8.42 Å². The van der Waals surface area contributed by atoms with E-state index in [2.05, 4.69) is 10.6 Å². The number of amides is 2. The largest absolute Gasteiger partial charge is 0.376 e. The molecule has 29 heavy (non-hydrogen) atoms. The molecule has 2 aliphatic heterocycles. The van der Waals surface area contributed by atoms with E-state index in [4.69, 9.17) is 4.74 Å². The zero-order valence-corrected chi connectivity index (χ0v) is 17.4. The number of hydrogen-bond donors (Lipinski definition) is 2. The van der Waals surface area contributed by atoms with Gasteiger partial charge in [0.2, 0.25) is 10.0 Å². The first-order valence-corrected chi connectivity index (χ1v) is 11.7. The molecule has 0 aromatic heterocycles. The Morgan fingerprint density at radius 3 is 2.34 bits per heavy atom. The molecule has 2 aliphatic rings. The smallest absolute Gasteiger partial charge is 0.309 e. The van der Waals surface area contributed by atoms with Crippen molar-refractivity contribution in [2.24, 2.45) is 0 Å². The molecule has 0 aliphatic carbocycles. The van der Waals surface area contributed by atoms with Crippen molar-refractivity contribution in [3.8, 4) is 0 Å². The zero-order valence-electron chi connectivity index (χ0n) is 16.6. The van der Waals surface area contributed by atoms with Gasteiger partial charge in [0.25, 0.3) is 0 Å². The number of nitrogens with zero attached hydrogens (tertiary/aromatic N) is 1. The summed E-state index contributed by atoms with van der Waals surface area (Å²) in [5.74, 6) is -1.34. The van der Waals surface area contributed by atoms with E-state index in [0.29, 0.717) is 44.1 Å². The van der Waals surface area contributed by atoms with Gasteiger partial charge in [-0.15, -0.1) is 0 Å². The molecule has 2 saturated heterocycles. The van der Waals surface area contributed by atoms with E-state index in [0.717, 1.165) is 37.7 Å². The van der Waals surface area contributed by atoms with Gasteiger partial charge in [-0.2, -0.15) is 4.31 Å². The van der Waals surface area contributed by atoms with Gasteiger partial charge in [0.15, 0.2) is 0 Å². The summed E-state index contributed by atoms with van der Waals surface area (Å²) < 4.78 is 32.2. The van der Waals surface area contributed by atoms with Gasteiger partial charge in [-0.1, -0.05) is 18.6 Å². The lowest BCUT2D eigenvalue weighted by Gasteiger charge is -2.25. The Bertz CT molecular complexity index is 798. The maximum Gasteiger partial charge on any atom is 0.309 e. The number of rotatable bonds is 7. The summed E-state index contributed by atoms with van der Waals surface area (Å²) in [7, 11) is -3.44. The van der Waals surface area contributed by atoms with Crippen molar-refractivity contribution in [3.05, 3.63) is 29.8 Å². The first-order valence-electron chi connectivity index (χ1n) is 10.2. The minimum absolute atomic E-state index is 0.00789. The molecule has 2 heterocycles. The lowest BCUT2D eigenvalue weighted by molar-refractivity contribution is -0.139. The van der Waals surface area contributed by atoms with Crippen LogP contribution in [-0.2, 0) is 30.8 Å². The predicted molar refractivity (Wildman–Crippen MR) is 108 cm³/mol. The fraction of sp³-hybridized carbons (Fsp3) is 0.600. The fourth-order valence-electron chi connectivity index (χ4n) is 3.58. The van der Waals surface area contributed by atoms with Crippen LogP contribution in [0.25, 0.3) is 0 Å². The van der Waals surface area contributed by atoms with Crippen LogP contribution in [0.3, 0.4) is 0 Å². The number of ether oxygens (including phenoxy) is 1. The van der Waals surface area contributed by atoms with Gasteiger partial charge < -0.3 is 15.4 Å². The minimum atomic E-state index is -3.44. The molecule has 9 heteroatoms. The lowest BCUT2D eigenvalue weighted by Crippen LogP contribution is -2.43. The Hall–Kier alpha value is -1.97. The molecule has 0 bridgehead atoms. The summed E-state index contributed by atoms with van der Waals surface area (Å²) in [6.07, 6.45) is 5.25. The highest BCUT2D eigenvalue weighted by Gasteiger charge is 2.25. The number of sulfonamides is 1. The third kappa shape index (κ3) is 6.01. The molecule has 2 fully saturated rings. The van der Waals surface area contributed by atoms with E-state index >= 15 is 0 Å². The molecule has 1 atom stereocenters. The molecular formula is C20H29N3O5S. The summed E-state index contributed by atoms with van der Waals surface area (Å²) >= 11 is 0. The average molecular weight is 424 g/mol. The highest BCUT2D eigenvalue weighted by atomic mass is 32.2. The Morgan fingerprint density at radius 2 is 1.69 bits per heavy atom. The van der Waals surface area contributed by atoms with E-state index < -0.39 is 21.8 Å². The molecule has 2 amide bonds. The van der Waals surface area contributed by atoms with Gasteiger partial charge in [0.05, 0.1) is 11.0 Å². The van der Waals surface area contributed by atoms with Crippen LogP contribution in [0.5, 0.6) is 0 Å². The van der Waals surface area contributed by atoms with Crippen LogP contribution in [0.1, 0.15) is 37.7 Å². The second-order valence-corrected chi connectivity index (χ2v) is 9.40. The highest BCUT2D eigenvalue weighted by Crippen LogP contribution is 2.20. The first-order chi connectivity index (χ1) is 14.0. The predicted octanol–water partition coefficient (Wildman–Crippen LogP) is 0.815. The maximum atomic E-state index is 12.6. The number of benzene rings is 1. The monoisotopic (exact) mass is 423 g/mol. The molecule has 2 N–H and O–H groups in total. The van der Waals surface area contributed by atoms with Crippen molar-refractivity contribution in [1.29, 1.82) is 0 Å². The molecule has 1 aromatic rings. The summed E-state index contributed by atoms with van der Waals surface area (Å²) in [4.78, 5) is 23.9. The first kappa shape index (κ1) is 21.7. The van der Waals surface area contributed by atoms with Crippen molar-refractivity contribution in [1.82, 2.24) is 14.9 Å². The molecule has 0 unspecified atom stereocenters. The van der Waals surface area contributed by atoms with E-state index in [1.165, 1.54) is 0 Å². The van der Waals surface area contributed by atoms with Crippen LogP contribution in [0.2, 0.25) is 0 Å². The van der Waals surface area contributed by atoms with Crippen molar-refractivity contribution < 1.29 is 22.7 Å².